The van der Waals surface area contributed by atoms with Crippen LogP contribution in [0.2, 0.25) is 0 Å². The summed E-state index contributed by atoms with van der Waals surface area (Å²) >= 11 is 0. The van der Waals surface area contributed by atoms with Crippen LogP contribution in [0.3, 0.4) is 0 Å². The Labute approximate surface area is 152 Å². The van der Waals surface area contributed by atoms with E-state index in [4.69, 9.17) is 0 Å². The first kappa shape index (κ1) is 17.6. The summed E-state index contributed by atoms with van der Waals surface area (Å²) in [5.41, 5.74) is 3.09. The summed E-state index contributed by atoms with van der Waals surface area (Å²) in [6.45, 7) is 3.73. The van der Waals surface area contributed by atoms with Crippen LogP contribution in [0.25, 0.3) is 11.3 Å². The number of aromatic nitrogens is 2. The van der Waals surface area contributed by atoms with Crippen LogP contribution in [-0.2, 0) is 11.2 Å². The number of nitrogens with zero attached hydrogens (tertiary/aromatic N) is 2. The average molecular weight is 347 g/mol. The Morgan fingerprint density at radius 2 is 1.85 bits per heavy atom. The second-order valence-electron chi connectivity index (χ2n) is 6.09. The highest BCUT2D eigenvalue weighted by Gasteiger charge is 2.18. The van der Waals surface area contributed by atoms with Gasteiger partial charge in [0.05, 0.1) is 5.69 Å². The molecule has 0 aliphatic heterocycles. The Balaban J connectivity index is 1.85. The van der Waals surface area contributed by atoms with Crippen molar-refractivity contribution in [3.63, 3.8) is 0 Å². The molecule has 1 aromatic heterocycles. The van der Waals surface area contributed by atoms with E-state index in [-0.39, 0.29) is 11.5 Å². The molecule has 0 saturated carbocycles. The molecular weight excluding hydrogens is 326 g/mol. The van der Waals surface area contributed by atoms with Crippen LogP contribution in [-0.4, -0.2) is 15.7 Å². The van der Waals surface area contributed by atoms with Crippen molar-refractivity contribution in [2.75, 3.05) is 5.32 Å². The lowest BCUT2D eigenvalue weighted by atomic mass is 10.1. The minimum Gasteiger partial charge on any atom is -0.324 e. The average Bonchev–Trinajstić information content (AvgIpc) is 2.68. The summed E-state index contributed by atoms with van der Waals surface area (Å²) in [5.74, 6) is -0.280. The maximum absolute atomic E-state index is 12.6. The molecule has 3 aromatic rings. The van der Waals surface area contributed by atoms with Crippen molar-refractivity contribution in [3.8, 4) is 11.3 Å². The summed E-state index contributed by atoms with van der Waals surface area (Å²) in [5, 5.41) is 7.24. The summed E-state index contributed by atoms with van der Waals surface area (Å²) in [7, 11) is 0. The van der Waals surface area contributed by atoms with Crippen molar-refractivity contribution >= 4 is 11.6 Å². The molecule has 5 nitrogen and oxygen atoms in total. The molecule has 0 radical (unpaired) electrons. The third-order valence-electron chi connectivity index (χ3n) is 4.24. The molecule has 132 valence electrons. The van der Waals surface area contributed by atoms with Gasteiger partial charge in [0.25, 0.3) is 5.56 Å². The summed E-state index contributed by atoms with van der Waals surface area (Å²) in [6, 6.07) is 19.6. The molecular formula is C21H21N3O2. The third kappa shape index (κ3) is 3.88. The van der Waals surface area contributed by atoms with Crippen molar-refractivity contribution in [2.45, 2.75) is 26.3 Å². The maximum atomic E-state index is 12.6. The highest BCUT2D eigenvalue weighted by Crippen LogP contribution is 2.16. The highest BCUT2D eigenvalue weighted by atomic mass is 16.2. The Hall–Kier alpha value is -3.21. The number of hydrogen-bond donors (Lipinski definition) is 1. The molecule has 5 heteroatoms. The van der Waals surface area contributed by atoms with Gasteiger partial charge in [-0.2, -0.15) is 5.10 Å². The molecule has 0 unspecified atom stereocenters. The zero-order valence-electron chi connectivity index (χ0n) is 14.8. The van der Waals surface area contributed by atoms with E-state index in [0.717, 1.165) is 17.5 Å². The number of rotatable bonds is 5. The predicted molar refractivity (Wildman–Crippen MR) is 103 cm³/mol. The van der Waals surface area contributed by atoms with Crippen LogP contribution < -0.4 is 10.9 Å². The van der Waals surface area contributed by atoms with E-state index < -0.39 is 6.04 Å². The van der Waals surface area contributed by atoms with E-state index in [1.54, 1.807) is 13.0 Å². The smallest absolute Gasteiger partial charge is 0.267 e. The molecule has 0 aliphatic rings. The first-order valence-corrected chi connectivity index (χ1v) is 8.63. The van der Waals surface area contributed by atoms with Crippen molar-refractivity contribution in [1.29, 1.82) is 0 Å². The van der Waals surface area contributed by atoms with Crippen LogP contribution >= 0.6 is 0 Å². The van der Waals surface area contributed by atoms with E-state index in [0.29, 0.717) is 11.4 Å². The summed E-state index contributed by atoms with van der Waals surface area (Å²) in [6.07, 6.45) is 0.888. The molecule has 1 atom stereocenters. The second kappa shape index (κ2) is 7.78. The van der Waals surface area contributed by atoms with Crippen LogP contribution in [0, 0.1) is 0 Å². The van der Waals surface area contributed by atoms with Gasteiger partial charge in [0.1, 0.15) is 6.04 Å². The topological polar surface area (TPSA) is 64.0 Å². The minimum atomic E-state index is -0.726. The SMILES string of the molecule is CCc1cccc(NC(=O)[C@@H](C)n2nc(-c3ccccc3)ccc2=O)c1. The number of anilines is 1. The van der Waals surface area contributed by atoms with E-state index in [9.17, 15) is 9.59 Å². The molecule has 1 heterocycles. The van der Waals surface area contributed by atoms with Gasteiger partial charge >= 0.3 is 0 Å². The van der Waals surface area contributed by atoms with Gasteiger partial charge in [-0.05, 0) is 37.1 Å². The van der Waals surface area contributed by atoms with Gasteiger partial charge in [-0.15, -0.1) is 0 Å². The molecule has 3 rings (SSSR count). The Morgan fingerprint density at radius 1 is 1.08 bits per heavy atom. The van der Waals surface area contributed by atoms with Gasteiger partial charge in [-0.25, -0.2) is 4.68 Å². The molecule has 0 aliphatic carbocycles. The van der Waals surface area contributed by atoms with Gasteiger partial charge in [-0.1, -0.05) is 49.4 Å². The van der Waals surface area contributed by atoms with Crippen LogP contribution in [0.15, 0.2) is 71.5 Å². The predicted octanol–water partition coefficient (Wildman–Crippen LogP) is 3.67. The largest absolute Gasteiger partial charge is 0.324 e. The van der Waals surface area contributed by atoms with Crippen molar-refractivity contribution in [1.82, 2.24) is 9.78 Å². The van der Waals surface area contributed by atoms with E-state index >= 15 is 0 Å². The van der Waals surface area contributed by atoms with E-state index in [1.165, 1.54) is 10.7 Å². The summed E-state index contributed by atoms with van der Waals surface area (Å²) in [4.78, 5) is 24.8. The van der Waals surface area contributed by atoms with Gasteiger partial charge in [0.2, 0.25) is 5.91 Å². The van der Waals surface area contributed by atoms with Crippen molar-refractivity contribution in [2.24, 2.45) is 0 Å². The minimum absolute atomic E-state index is 0.280. The first-order chi connectivity index (χ1) is 12.6. The number of benzene rings is 2. The van der Waals surface area contributed by atoms with E-state index in [2.05, 4.69) is 17.3 Å². The van der Waals surface area contributed by atoms with Gasteiger partial charge in [-0.3, -0.25) is 9.59 Å². The maximum Gasteiger partial charge on any atom is 0.267 e. The van der Waals surface area contributed by atoms with Gasteiger partial charge in [0, 0.05) is 17.3 Å². The second-order valence-corrected chi connectivity index (χ2v) is 6.09. The van der Waals surface area contributed by atoms with Crippen LogP contribution in [0.4, 0.5) is 5.69 Å². The zero-order valence-corrected chi connectivity index (χ0v) is 14.8. The molecule has 26 heavy (non-hydrogen) atoms. The number of amides is 1. The third-order valence-corrected chi connectivity index (χ3v) is 4.24. The molecule has 0 saturated heterocycles. The number of carbonyl (C=O) groups excluding carboxylic acids is 1. The number of aryl methyl sites for hydroxylation is 1. The van der Waals surface area contributed by atoms with Crippen LogP contribution in [0.5, 0.6) is 0 Å². The zero-order chi connectivity index (χ0) is 18.5. The molecule has 1 N–H and O–H groups in total. The molecule has 2 aromatic carbocycles. The lowest BCUT2D eigenvalue weighted by Crippen LogP contribution is -2.33. The standard InChI is InChI=1S/C21H21N3O2/c1-3-16-8-7-11-18(14-16)22-21(26)15(2)24-20(25)13-12-19(23-24)17-9-5-4-6-10-17/h4-15H,3H2,1-2H3,(H,22,26)/t15-/m1/s1. The quantitative estimate of drug-likeness (QED) is 0.766. The van der Waals surface area contributed by atoms with Crippen LogP contribution in [0.1, 0.15) is 25.5 Å². The van der Waals surface area contributed by atoms with Gasteiger partial charge in [0.15, 0.2) is 0 Å². The van der Waals surface area contributed by atoms with E-state index in [1.807, 2.05) is 54.6 Å². The molecule has 0 fully saturated rings. The number of hydrogen-bond acceptors (Lipinski definition) is 3. The molecule has 1 amide bonds. The Kier molecular flexibility index (Phi) is 5.27. The fourth-order valence-electron chi connectivity index (χ4n) is 2.69. The van der Waals surface area contributed by atoms with Crippen molar-refractivity contribution in [3.05, 3.63) is 82.6 Å². The molecule has 0 bridgehead atoms. The fourth-order valence-corrected chi connectivity index (χ4v) is 2.69. The fraction of sp³-hybridized carbons (Fsp3) is 0.190. The monoisotopic (exact) mass is 347 g/mol. The molecule has 0 spiro atoms. The Morgan fingerprint density at radius 3 is 2.58 bits per heavy atom. The first-order valence-electron chi connectivity index (χ1n) is 8.63. The normalized spacial score (nSPS) is 11.8. The Bertz CT molecular complexity index is 964. The van der Waals surface area contributed by atoms with Crippen molar-refractivity contribution < 1.29 is 4.79 Å². The lowest BCUT2D eigenvalue weighted by Gasteiger charge is -2.15. The van der Waals surface area contributed by atoms with Gasteiger partial charge < -0.3 is 5.32 Å². The number of carbonyl (C=O) groups is 1. The lowest BCUT2D eigenvalue weighted by molar-refractivity contribution is -0.119. The number of nitrogens with one attached hydrogen (secondary N) is 1. The summed E-state index contributed by atoms with van der Waals surface area (Å²) < 4.78 is 1.22. The highest BCUT2D eigenvalue weighted by molar-refractivity contribution is 5.93.